The highest BCUT2D eigenvalue weighted by Crippen LogP contribution is 2.57. The molecule has 0 spiro atoms. The Bertz CT molecular complexity index is 524. The van der Waals surface area contributed by atoms with Crippen LogP contribution in [0.4, 0.5) is 0 Å². The van der Waals surface area contributed by atoms with Gasteiger partial charge in [0.2, 0.25) is 0 Å². The molecule has 0 radical (unpaired) electrons. The van der Waals surface area contributed by atoms with Crippen molar-refractivity contribution in [2.75, 3.05) is 13.2 Å². The molecule has 4 nitrogen and oxygen atoms in total. The van der Waals surface area contributed by atoms with Gasteiger partial charge in [0, 0.05) is 0 Å². The number of hydrogen-bond acceptors (Lipinski definition) is 3. The van der Waals surface area contributed by atoms with Gasteiger partial charge in [0.1, 0.15) is 12.4 Å². The van der Waals surface area contributed by atoms with Gasteiger partial charge in [-0.1, -0.05) is 19.9 Å². The van der Waals surface area contributed by atoms with Crippen LogP contribution in [0.25, 0.3) is 0 Å². The molecule has 1 aliphatic carbocycles. The summed E-state index contributed by atoms with van der Waals surface area (Å²) in [5.41, 5.74) is 1.52. The van der Waals surface area contributed by atoms with Crippen LogP contribution < -0.4 is 10.1 Å². The molecule has 0 bridgehead atoms. The zero-order valence-corrected chi connectivity index (χ0v) is 11.3. The van der Waals surface area contributed by atoms with E-state index in [0.29, 0.717) is 24.5 Å². The smallest absolute Gasteiger partial charge is 0.255 e. The Labute approximate surface area is 112 Å². The first-order chi connectivity index (χ1) is 8.99. The van der Waals surface area contributed by atoms with Crippen molar-refractivity contribution in [3.05, 3.63) is 29.3 Å². The number of rotatable bonds is 2. The van der Waals surface area contributed by atoms with Gasteiger partial charge in [-0.25, -0.2) is 0 Å². The van der Waals surface area contributed by atoms with Crippen LogP contribution in [0.3, 0.4) is 0 Å². The summed E-state index contributed by atoms with van der Waals surface area (Å²) in [7, 11) is 0. The summed E-state index contributed by atoms with van der Waals surface area (Å²) in [6, 6.07) is 5.40. The summed E-state index contributed by atoms with van der Waals surface area (Å²) in [5, 5.41) is 13.2. The highest BCUT2D eigenvalue weighted by molar-refractivity contribution is 5.97. The highest BCUT2D eigenvalue weighted by Gasteiger charge is 2.50. The molecule has 4 heteroatoms. The Morgan fingerprint density at radius 3 is 2.89 bits per heavy atom. The van der Waals surface area contributed by atoms with Crippen LogP contribution in [0, 0.1) is 11.3 Å². The van der Waals surface area contributed by atoms with E-state index in [1.54, 1.807) is 12.1 Å². The summed E-state index contributed by atoms with van der Waals surface area (Å²) in [6.45, 7) is 5.30. The Balaban J connectivity index is 1.90. The Morgan fingerprint density at radius 2 is 2.21 bits per heavy atom. The fourth-order valence-corrected chi connectivity index (χ4v) is 2.73. The molecule has 1 saturated carbocycles. The maximum absolute atomic E-state index is 11.9. The van der Waals surface area contributed by atoms with Crippen molar-refractivity contribution in [1.29, 1.82) is 0 Å². The first-order valence-corrected chi connectivity index (χ1v) is 6.72. The third-order valence-electron chi connectivity index (χ3n) is 4.21. The summed E-state index contributed by atoms with van der Waals surface area (Å²) < 4.78 is 5.51. The molecule has 2 unspecified atom stereocenters. The van der Waals surface area contributed by atoms with E-state index in [1.165, 1.54) is 0 Å². The molecule has 1 aromatic rings. The minimum Gasteiger partial charge on any atom is -0.491 e. The van der Waals surface area contributed by atoms with Gasteiger partial charge in [-0.3, -0.25) is 4.79 Å². The van der Waals surface area contributed by atoms with Crippen LogP contribution >= 0.6 is 0 Å². The number of hydrogen-bond donors (Lipinski definition) is 2. The van der Waals surface area contributed by atoms with Crippen LogP contribution in [-0.2, 0) is 0 Å². The third-order valence-corrected chi connectivity index (χ3v) is 4.21. The van der Waals surface area contributed by atoms with E-state index in [2.05, 4.69) is 19.2 Å². The normalized spacial score (nSPS) is 25.6. The third kappa shape index (κ3) is 2.21. The lowest BCUT2D eigenvalue weighted by Gasteiger charge is -2.15. The number of aliphatic hydroxyl groups excluding tert-OH is 1. The molecule has 2 atom stereocenters. The van der Waals surface area contributed by atoms with Gasteiger partial charge >= 0.3 is 0 Å². The second-order valence-electron chi connectivity index (χ2n) is 6.10. The average Bonchev–Trinajstić information content (AvgIpc) is 3.06. The minimum atomic E-state index is -0.503. The predicted molar refractivity (Wildman–Crippen MR) is 71.1 cm³/mol. The molecule has 1 aliphatic heterocycles. The number of aliphatic hydroxyl groups is 1. The number of carbonyl (C=O) groups excluding carboxylic acids is 1. The lowest BCUT2D eigenvalue weighted by molar-refractivity contribution is 0.0956. The molecule has 0 saturated heterocycles. The van der Waals surface area contributed by atoms with Crippen molar-refractivity contribution >= 4 is 5.91 Å². The van der Waals surface area contributed by atoms with E-state index in [9.17, 15) is 9.90 Å². The molecule has 1 fully saturated rings. The van der Waals surface area contributed by atoms with Gasteiger partial charge in [0.15, 0.2) is 0 Å². The van der Waals surface area contributed by atoms with Gasteiger partial charge in [-0.05, 0) is 35.4 Å². The summed E-state index contributed by atoms with van der Waals surface area (Å²) >= 11 is 0. The maximum Gasteiger partial charge on any atom is 0.255 e. The van der Waals surface area contributed by atoms with Gasteiger partial charge in [-0.2, -0.15) is 0 Å². The van der Waals surface area contributed by atoms with Crippen LogP contribution in [-0.4, -0.2) is 24.2 Å². The SMILES string of the molecule is CC1(C)CC1C(O)c1ccc2c(c1)C(=O)NCCO2. The van der Waals surface area contributed by atoms with Gasteiger partial charge in [0.05, 0.1) is 18.2 Å². The van der Waals surface area contributed by atoms with E-state index in [4.69, 9.17) is 4.74 Å². The first kappa shape index (κ1) is 12.5. The predicted octanol–water partition coefficient (Wildman–Crippen LogP) is 1.89. The fourth-order valence-electron chi connectivity index (χ4n) is 2.73. The van der Waals surface area contributed by atoms with E-state index < -0.39 is 6.10 Å². The van der Waals surface area contributed by atoms with E-state index in [-0.39, 0.29) is 17.2 Å². The van der Waals surface area contributed by atoms with E-state index >= 15 is 0 Å². The average molecular weight is 261 g/mol. The van der Waals surface area contributed by atoms with E-state index in [0.717, 1.165) is 12.0 Å². The lowest BCUT2D eigenvalue weighted by atomic mass is 9.97. The monoisotopic (exact) mass is 261 g/mol. The molecular formula is C15H19NO3. The molecule has 102 valence electrons. The van der Waals surface area contributed by atoms with Crippen molar-refractivity contribution < 1.29 is 14.6 Å². The topological polar surface area (TPSA) is 58.6 Å². The van der Waals surface area contributed by atoms with Gasteiger partial charge in [-0.15, -0.1) is 0 Å². The Hall–Kier alpha value is -1.55. The van der Waals surface area contributed by atoms with Crippen molar-refractivity contribution in [2.45, 2.75) is 26.4 Å². The molecule has 1 heterocycles. The van der Waals surface area contributed by atoms with Crippen LogP contribution in [0.15, 0.2) is 18.2 Å². The van der Waals surface area contributed by atoms with Crippen LogP contribution in [0.2, 0.25) is 0 Å². The molecule has 1 aromatic carbocycles. The lowest BCUT2D eigenvalue weighted by Crippen LogP contribution is -2.24. The van der Waals surface area contributed by atoms with Crippen molar-refractivity contribution in [3.63, 3.8) is 0 Å². The largest absolute Gasteiger partial charge is 0.491 e. The van der Waals surface area contributed by atoms with Crippen molar-refractivity contribution in [3.8, 4) is 5.75 Å². The quantitative estimate of drug-likeness (QED) is 0.854. The zero-order valence-electron chi connectivity index (χ0n) is 11.3. The van der Waals surface area contributed by atoms with Crippen LogP contribution in [0.5, 0.6) is 5.75 Å². The molecule has 0 aromatic heterocycles. The standard InChI is InChI=1S/C15H19NO3/c1-15(2)8-11(15)13(17)9-3-4-12-10(7-9)14(18)16-5-6-19-12/h3-4,7,11,13,17H,5-6,8H2,1-2H3,(H,16,18). The second kappa shape index (κ2) is 4.23. The zero-order chi connectivity index (χ0) is 13.6. The molecule has 1 amide bonds. The number of fused-ring (bicyclic) bond motifs is 1. The molecule has 3 rings (SSSR count). The number of carbonyl (C=O) groups is 1. The number of ether oxygens (including phenoxy) is 1. The molecule has 2 aliphatic rings. The maximum atomic E-state index is 11.9. The molecular weight excluding hydrogens is 242 g/mol. The van der Waals surface area contributed by atoms with Crippen molar-refractivity contribution in [1.82, 2.24) is 5.32 Å². The summed E-state index contributed by atoms with van der Waals surface area (Å²) in [4.78, 5) is 11.9. The summed E-state index contributed by atoms with van der Waals surface area (Å²) in [5.74, 6) is 0.748. The second-order valence-corrected chi connectivity index (χ2v) is 6.10. The van der Waals surface area contributed by atoms with Gasteiger partial charge < -0.3 is 15.2 Å². The fraction of sp³-hybridized carbons (Fsp3) is 0.533. The Kier molecular flexibility index (Phi) is 2.78. The number of benzene rings is 1. The summed E-state index contributed by atoms with van der Waals surface area (Å²) in [6.07, 6.45) is 0.518. The van der Waals surface area contributed by atoms with Crippen LogP contribution in [0.1, 0.15) is 42.3 Å². The highest BCUT2D eigenvalue weighted by atomic mass is 16.5. The Morgan fingerprint density at radius 1 is 1.47 bits per heavy atom. The van der Waals surface area contributed by atoms with E-state index in [1.807, 2.05) is 6.07 Å². The molecule has 2 N–H and O–H groups in total. The number of amides is 1. The van der Waals surface area contributed by atoms with Gasteiger partial charge in [0.25, 0.3) is 5.91 Å². The van der Waals surface area contributed by atoms with Crippen molar-refractivity contribution in [2.24, 2.45) is 11.3 Å². The minimum absolute atomic E-state index is 0.128. The first-order valence-electron chi connectivity index (χ1n) is 6.72. The molecule has 19 heavy (non-hydrogen) atoms. The number of nitrogens with one attached hydrogen (secondary N) is 1.